The lowest BCUT2D eigenvalue weighted by atomic mass is 10.0. The summed E-state index contributed by atoms with van der Waals surface area (Å²) in [6.45, 7) is 1.75. The SMILES string of the molecule is Cc1cc(F)c(OCC2COC(c3ccc(-c4cc(F)c(F)c(F)c4)c(F)c3)OC2)c(F)c1. The predicted molar refractivity (Wildman–Crippen MR) is 106 cm³/mol. The van der Waals surface area contributed by atoms with Gasteiger partial charge in [0, 0.05) is 17.0 Å². The molecule has 1 heterocycles. The first-order valence-corrected chi connectivity index (χ1v) is 9.99. The van der Waals surface area contributed by atoms with Gasteiger partial charge in [0.2, 0.25) is 0 Å². The molecule has 0 aliphatic carbocycles. The second kappa shape index (κ2) is 9.44. The first-order valence-electron chi connectivity index (χ1n) is 9.99. The van der Waals surface area contributed by atoms with Crippen LogP contribution in [0.4, 0.5) is 26.3 Å². The summed E-state index contributed by atoms with van der Waals surface area (Å²) in [7, 11) is 0. The second-order valence-electron chi connectivity index (χ2n) is 7.73. The van der Waals surface area contributed by atoms with Gasteiger partial charge in [0.05, 0.1) is 19.8 Å². The van der Waals surface area contributed by atoms with Crippen LogP contribution in [0.25, 0.3) is 11.1 Å². The Bertz CT molecular complexity index is 1130. The van der Waals surface area contributed by atoms with Gasteiger partial charge < -0.3 is 14.2 Å². The van der Waals surface area contributed by atoms with Gasteiger partial charge in [0.1, 0.15) is 5.82 Å². The van der Waals surface area contributed by atoms with Crippen molar-refractivity contribution in [3.05, 3.63) is 88.5 Å². The molecule has 33 heavy (non-hydrogen) atoms. The van der Waals surface area contributed by atoms with E-state index in [1.54, 1.807) is 6.92 Å². The zero-order valence-corrected chi connectivity index (χ0v) is 17.3. The van der Waals surface area contributed by atoms with E-state index in [9.17, 15) is 26.3 Å². The summed E-state index contributed by atoms with van der Waals surface area (Å²) in [5.74, 6) is -7.70. The molecule has 0 aromatic heterocycles. The van der Waals surface area contributed by atoms with Crippen LogP contribution in [0.15, 0.2) is 42.5 Å². The predicted octanol–water partition coefficient (Wildman–Crippen LogP) is 6.24. The number of benzene rings is 3. The Morgan fingerprint density at radius 3 is 1.97 bits per heavy atom. The second-order valence-corrected chi connectivity index (χ2v) is 7.73. The molecule has 0 amide bonds. The summed E-state index contributed by atoms with van der Waals surface area (Å²) in [6, 6.07) is 7.55. The summed E-state index contributed by atoms with van der Waals surface area (Å²) in [5.41, 5.74) is 0.460. The number of hydrogen-bond acceptors (Lipinski definition) is 3. The Morgan fingerprint density at radius 2 is 1.39 bits per heavy atom. The van der Waals surface area contributed by atoms with Crippen molar-refractivity contribution in [2.24, 2.45) is 5.92 Å². The van der Waals surface area contributed by atoms with Crippen molar-refractivity contribution in [2.45, 2.75) is 13.2 Å². The summed E-state index contributed by atoms with van der Waals surface area (Å²) in [5, 5.41) is 0. The highest BCUT2D eigenvalue weighted by atomic mass is 19.2. The van der Waals surface area contributed by atoms with E-state index in [2.05, 4.69) is 0 Å². The zero-order chi connectivity index (χ0) is 23.7. The minimum Gasteiger partial charge on any atom is -0.487 e. The molecule has 1 fully saturated rings. The van der Waals surface area contributed by atoms with Gasteiger partial charge in [-0.1, -0.05) is 12.1 Å². The third kappa shape index (κ3) is 4.99. The molecule has 174 valence electrons. The van der Waals surface area contributed by atoms with Crippen LogP contribution in [-0.2, 0) is 9.47 Å². The van der Waals surface area contributed by atoms with Crippen LogP contribution in [0.5, 0.6) is 5.75 Å². The maximum absolute atomic E-state index is 14.6. The van der Waals surface area contributed by atoms with Crippen LogP contribution in [-0.4, -0.2) is 19.8 Å². The standard InChI is InChI=1S/C24H18F6O3/c1-12-4-20(28)23(21(29)5-12)31-9-13-10-32-24(33-11-13)14-2-3-16(17(25)6-14)15-7-18(26)22(30)19(27)8-15/h2-8,13,24H,9-11H2,1H3. The molecule has 0 unspecified atom stereocenters. The van der Waals surface area contributed by atoms with Crippen molar-refractivity contribution >= 4 is 0 Å². The minimum absolute atomic E-state index is 0.0569. The molecule has 1 saturated heterocycles. The van der Waals surface area contributed by atoms with Crippen LogP contribution in [0.1, 0.15) is 17.4 Å². The molecule has 0 N–H and O–H groups in total. The van der Waals surface area contributed by atoms with E-state index >= 15 is 0 Å². The third-order valence-electron chi connectivity index (χ3n) is 5.13. The summed E-state index contributed by atoms with van der Waals surface area (Å²) < 4.78 is 98.9. The maximum atomic E-state index is 14.6. The van der Waals surface area contributed by atoms with E-state index in [1.165, 1.54) is 12.1 Å². The largest absolute Gasteiger partial charge is 0.487 e. The van der Waals surface area contributed by atoms with Crippen molar-refractivity contribution in [3.63, 3.8) is 0 Å². The normalized spacial score (nSPS) is 18.4. The van der Waals surface area contributed by atoms with Gasteiger partial charge in [-0.2, -0.15) is 0 Å². The maximum Gasteiger partial charge on any atom is 0.194 e. The number of rotatable bonds is 5. The highest BCUT2D eigenvalue weighted by molar-refractivity contribution is 5.64. The van der Waals surface area contributed by atoms with E-state index in [-0.39, 0.29) is 36.9 Å². The van der Waals surface area contributed by atoms with Gasteiger partial charge in [-0.3, -0.25) is 0 Å². The smallest absolute Gasteiger partial charge is 0.194 e. The molecule has 0 bridgehead atoms. The molecule has 3 nitrogen and oxygen atoms in total. The monoisotopic (exact) mass is 468 g/mol. The number of halogens is 6. The third-order valence-corrected chi connectivity index (χ3v) is 5.13. The Morgan fingerprint density at radius 1 is 0.788 bits per heavy atom. The quantitative estimate of drug-likeness (QED) is 0.328. The average Bonchev–Trinajstić information content (AvgIpc) is 2.77. The van der Waals surface area contributed by atoms with Gasteiger partial charge >= 0.3 is 0 Å². The van der Waals surface area contributed by atoms with Gasteiger partial charge in [-0.15, -0.1) is 0 Å². The van der Waals surface area contributed by atoms with E-state index in [0.29, 0.717) is 23.3 Å². The number of ether oxygens (including phenoxy) is 3. The molecule has 1 aliphatic rings. The first-order chi connectivity index (χ1) is 15.7. The molecule has 0 radical (unpaired) electrons. The lowest BCUT2D eigenvalue weighted by Gasteiger charge is -2.29. The van der Waals surface area contributed by atoms with Crippen molar-refractivity contribution in [2.75, 3.05) is 19.8 Å². The Kier molecular flexibility index (Phi) is 6.62. The van der Waals surface area contributed by atoms with Gasteiger partial charge in [0.15, 0.2) is 41.1 Å². The molecular weight excluding hydrogens is 450 g/mol. The fraction of sp³-hybridized carbons (Fsp3) is 0.250. The minimum atomic E-state index is -1.63. The van der Waals surface area contributed by atoms with Gasteiger partial charge in [0.25, 0.3) is 0 Å². The summed E-state index contributed by atoms with van der Waals surface area (Å²) in [6.07, 6.45) is -0.917. The summed E-state index contributed by atoms with van der Waals surface area (Å²) in [4.78, 5) is 0. The molecule has 0 atom stereocenters. The highest BCUT2D eigenvalue weighted by Crippen LogP contribution is 2.32. The molecule has 1 aliphatic heterocycles. The van der Waals surface area contributed by atoms with Crippen molar-refractivity contribution < 1.29 is 40.6 Å². The van der Waals surface area contributed by atoms with E-state index in [1.807, 2.05) is 0 Å². The van der Waals surface area contributed by atoms with E-state index < -0.39 is 46.9 Å². The van der Waals surface area contributed by atoms with Crippen molar-refractivity contribution in [1.82, 2.24) is 0 Å². The van der Waals surface area contributed by atoms with E-state index in [4.69, 9.17) is 14.2 Å². The van der Waals surface area contributed by atoms with Crippen molar-refractivity contribution in [3.8, 4) is 16.9 Å². The number of hydrogen-bond donors (Lipinski definition) is 0. The average molecular weight is 468 g/mol. The molecule has 0 spiro atoms. The van der Waals surface area contributed by atoms with Gasteiger partial charge in [-0.25, -0.2) is 26.3 Å². The topological polar surface area (TPSA) is 27.7 Å². The van der Waals surface area contributed by atoms with Crippen LogP contribution in [0.2, 0.25) is 0 Å². The Balaban J connectivity index is 1.39. The molecular formula is C24H18F6O3. The Labute approximate surface area is 185 Å². The molecule has 0 saturated carbocycles. The van der Waals surface area contributed by atoms with Gasteiger partial charge in [-0.05, 0) is 48.4 Å². The lowest BCUT2D eigenvalue weighted by Crippen LogP contribution is -2.31. The zero-order valence-electron chi connectivity index (χ0n) is 17.3. The van der Waals surface area contributed by atoms with Crippen molar-refractivity contribution in [1.29, 1.82) is 0 Å². The lowest BCUT2D eigenvalue weighted by molar-refractivity contribution is -0.208. The fourth-order valence-corrected chi connectivity index (χ4v) is 3.48. The summed E-state index contributed by atoms with van der Waals surface area (Å²) >= 11 is 0. The number of aryl methyl sites for hydroxylation is 1. The van der Waals surface area contributed by atoms with Crippen LogP contribution in [0, 0.1) is 47.7 Å². The fourth-order valence-electron chi connectivity index (χ4n) is 3.48. The molecule has 3 aromatic rings. The molecule has 9 heteroatoms. The molecule has 3 aromatic carbocycles. The van der Waals surface area contributed by atoms with Crippen LogP contribution < -0.4 is 4.74 Å². The Hall–Kier alpha value is -3.04. The van der Waals surface area contributed by atoms with E-state index in [0.717, 1.165) is 18.2 Å². The molecule has 4 rings (SSSR count). The first kappa shape index (κ1) is 23.1. The highest BCUT2D eigenvalue weighted by Gasteiger charge is 2.26. The van der Waals surface area contributed by atoms with Crippen LogP contribution in [0.3, 0.4) is 0 Å². The van der Waals surface area contributed by atoms with Crippen LogP contribution >= 0.6 is 0 Å².